The molecule has 15 heavy (non-hydrogen) atoms. The van der Waals surface area contributed by atoms with E-state index >= 15 is 0 Å². The fraction of sp³-hybridized carbons (Fsp3) is 0.571. The van der Waals surface area contributed by atoms with E-state index in [9.17, 15) is 0 Å². The molecule has 1 aliphatic carbocycles. The summed E-state index contributed by atoms with van der Waals surface area (Å²) in [4.78, 5) is 0. The predicted molar refractivity (Wildman–Crippen MR) is 64.9 cm³/mol. The summed E-state index contributed by atoms with van der Waals surface area (Å²) >= 11 is 0. The van der Waals surface area contributed by atoms with E-state index in [1.54, 1.807) is 0 Å². The molecule has 1 saturated carbocycles. The van der Waals surface area contributed by atoms with Crippen LogP contribution in [-0.4, -0.2) is 6.04 Å². The standard InChI is InChI=1S/C14H21N/c1-10-6-11(2)8-12(7-10)9-14(15)13-4-3-5-13/h6-8,13-14H,3-5,9,15H2,1-2H3. The van der Waals surface area contributed by atoms with Crippen molar-refractivity contribution in [3.05, 3.63) is 34.9 Å². The molecule has 0 amide bonds. The number of nitrogens with two attached hydrogens (primary N) is 1. The van der Waals surface area contributed by atoms with E-state index < -0.39 is 0 Å². The van der Waals surface area contributed by atoms with Gasteiger partial charge in [-0.05, 0) is 44.6 Å². The van der Waals surface area contributed by atoms with Crippen molar-refractivity contribution in [1.82, 2.24) is 0 Å². The topological polar surface area (TPSA) is 26.0 Å². The summed E-state index contributed by atoms with van der Waals surface area (Å²) in [7, 11) is 0. The first-order chi connectivity index (χ1) is 7.15. The molecule has 1 fully saturated rings. The molecule has 1 aliphatic rings. The van der Waals surface area contributed by atoms with Crippen LogP contribution in [0.1, 0.15) is 36.0 Å². The zero-order valence-corrected chi connectivity index (χ0v) is 9.79. The monoisotopic (exact) mass is 203 g/mol. The van der Waals surface area contributed by atoms with E-state index in [1.165, 1.54) is 36.0 Å². The number of hydrogen-bond acceptors (Lipinski definition) is 1. The lowest BCUT2D eigenvalue weighted by atomic mass is 9.78. The van der Waals surface area contributed by atoms with Gasteiger partial charge in [-0.2, -0.15) is 0 Å². The summed E-state index contributed by atoms with van der Waals surface area (Å²) < 4.78 is 0. The van der Waals surface area contributed by atoms with E-state index in [0.29, 0.717) is 6.04 Å². The molecule has 0 aromatic heterocycles. The normalized spacial score (nSPS) is 18.6. The van der Waals surface area contributed by atoms with E-state index in [2.05, 4.69) is 32.0 Å². The number of rotatable bonds is 3. The van der Waals surface area contributed by atoms with E-state index in [1.807, 2.05) is 0 Å². The Hall–Kier alpha value is -0.820. The maximum atomic E-state index is 6.21. The molecule has 0 bridgehead atoms. The average molecular weight is 203 g/mol. The second-order valence-electron chi connectivity index (χ2n) is 5.05. The first kappa shape index (κ1) is 10.7. The summed E-state index contributed by atoms with van der Waals surface area (Å²) in [6.45, 7) is 4.32. The summed E-state index contributed by atoms with van der Waals surface area (Å²) in [5.74, 6) is 0.783. The van der Waals surface area contributed by atoms with E-state index in [-0.39, 0.29) is 0 Å². The van der Waals surface area contributed by atoms with Crippen molar-refractivity contribution in [1.29, 1.82) is 0 Å². The van der Waals surface area contributed by atoms with Crippen LogP contribution in [0.5, 0.6) is 0 Å². The third kappa shape index (κ3) is 2.60. The molecular weight excluding hydrogens is 182 g/mol. The van der Waals surface area contributed by atoms with Crippen LogP contribution in [-0.2, 0) is 6.42 Å². The van der Waals surface area contributed by atoms with Crippen molar-refractivity contribution in [2.24, 2.45) is 11.7 Å². The smallest absolute Gasteiger partial charge is 0.0108 e. The summed E-state index contributed by atoms with van der Waals surface area (Å²) in [6.07, 6.45) is 5.11. The molecule has 0 saturated heterocycles. The van der Waals surface area contributed by atoms with Gasteiger partial charge in [-0.15, -0.1) is 0 Å². The Labute approximate surface area is 92.7 Å². The molecule has 1 aromatic carbocycles. The lowest BCUT2D eigenvalue weighted by molar-refractivity contribution is 0.260. The van der Waals surface area contributed by atoms with Crippen LogP contribution in [0.15, 0.2) is 18.2 Å². The average Bonchev–Trinajstić information content (AvgIpc) is 1.96. The van der Waals surface area contributed by atoms with Crippen LogP contribution in [0, 0.1) is 19.8 Å². The Kier molecular flexibility index (Phi) is 3.11. The molecule has 1 heteroatoms. The molecule has 2 rings (SSSR count). The van der Waals surface area contributed by atoms with Crippen molar-refractivity contribution in [3.8, 4) is 0 Å². The molecule has 0 aliphatic heterocycles. The first-order valence-electron chi connectivity index (χ1n) is 5.98. The Balaban J connectivity index is 2.02. The summed E-state index contributed by atoms with van der Waals surface area (Å²) in [6, 6.07) is 7.13. The Morgan fingerprint density at radius 3 is 2.27 bits per heavy atom. The van der Waals surface area contributed by atoms with Crippen molar-refractivity contribution in [3.63, 3.8) is 0 Å². The highest BCUT2D eigenvalue weighted by Crippen LogP contribution is 2.30. The molecular formula is C14H21N. The molecule has 1 nitrogen and oxygen atoms in total. The second kappa shape index (κ2) is 4.36. The Morgan fingerprint density at radius 1 is 1.20 bits per heavy atom. The quantitative estimate of drug-likeness (QED) is 0.803. The Morgan fingerprint density at radius 2 is 1.80 bits per heavy atom. The van der Waals surface area contributed by atoms with Gasteiger partial charge in [0.1, 0.15) is 0 Å². The molecule has 0 heterocycles. The summed E-state index contributed by atoms with van der Waals surface area (Å²) in [5, 5.41) is 0. The second-order valence-corrected chi connectivity index (χ2v) is 5.05. The first-order valence-corrected chi connectivity index (χ1v) is 5.98. The highest BCUT2D eigenvalue weighted by atomic mass is 14.7. The highest BCUT2D eigenvalue weighted by molar-refractivity contribution is 5.29. The van der Waals surface area contributed by atoms with Gasteiger partial charge in [-0.1, -0.05) is 35.7 Å². The summed E-state index contributed by atoms with van der Waals surface area (Å²) in [5.41, 5.74) is 10.3. The zero-order chi connectivity index (χ0) is 10.8. The molecule has 1 atom stereocenters. The number of benzene rings is 1. The maximum absolute atomic E-state index is 6.21. The Bertz CT molecular complexity index is 319. The van der Waals surface area contributed by atoms with Crippen molar-refractivity contribution in [2.45, 2.75) is 45.6 Å². The lowest BCUT2D eigenvalue weighted by Crippen LogP contribution is -2.36. The van der Waals surface area contributed by atoms with Crippen LogP contribution < -0.4 is 5.73 Å². The van der Waals surface area contributed by atoms with Gasteiger partial charge >= 0.3 is 0 Å². The fourth-order valence-corrected chi connectivity index (χ4v) is 2.49. The molecule has 0 spiro atoms. The molecule has 82 valence electrons. The van der Waals surface area contributed by atoms with E-state index in [0.717, 1.165) is 12.3 Å². The van der Waals surface area contributed by atoms with Gasteiger partial charge in [0.2, 0.25) is 0 Å². The van der Waals surface area contributed by atoms with Crippen LogP contribution in [0.3, 0.4) is 0 Å². The SMILES string of the molecule is Cc1cc(C)cc(CC(N)C2CCC2)c1. The molecule has 2 N–H and O–H groups in total. The fourth-order valence-electron chi connectivity index (χ4n) is 2.49. The van der Waals surface area contributed by atoms with Crippen molar-refractivity contribution in [2.75, 3.05) is 0 Å². The molecule has 0 radical (unpaired) electrons. The number of hydrogen-bond donors (Lipinski definition) is 1. The van der Waals surface area contributed by atoms with Crippen LogP contribution in [0.4, 0.5) is 0 Å². The molecule has 1 aromatic rings. The van der Waals surface area contributed by atoms with Gasteiger partial charge in [-0.3, -0.25) is 0 Å². The van der Waals surface area contributed by atoms with E-state index in [4.69, 9.17) is 5.73 Å². The maximum Gasteiger partial charge on any atom is 0.0108 e. The van der Waals surface area contributed by atoms with Crippen LogP contribution in [0.2, 0.25) is 0 Å². The van der Waals surface area contributed by atoms with Gasteiger partial charge in [0, 0.05) is 6.04 Å². The van der Waals surface area contributed by atoms with Crippen molar-refractivity contribution >= 4 is 0 Å². The van der Waals surface area contributed by atoms with Gasteiger partial charge < -0.3 is 5.73 Å². The minimum Gasteiger partial charge on any atom is -0.327 e. The molecule has 1 unspecified atom stereocenters. The van der Waals surface area contributed by atoms with Crippen molar-refractivity contribution < 1.29 is 0 Å². The van der Waals surface area contributed by atoms with Crippen LogP contribution in [0.25, 0.3) is 0 Å². The third-order valence-electron chi connectivity index (χ3n) is 3.51. The predicted octanol–water partition coefficient (Wildman–Crippen LogP) is 2.97. The van der Waals surface area contributed by atoms with Gasteiger partial charge in [-0.25, -0.2) is 0 Å². The van der Waals surface area contributed by atoms with Gasteiger partial charge in [0.05, 0.1) is 0 Å². The minimum absolute atomic E-state index is 0.375. The largest absolute Gasteiger partial charge is 0.327 e. The minimum atomic E-state index is 0.375. The van der Waals surface area contributed by atoms with Gasteiger partial charge in [0.15, 0.2) is 0 Å². The zero-order valence-electron chi connectivity index (χ0n) is 9.79. The van der Waals surface area contributed by atoms with Crippen LogP contribution >= 0.6 is 0 Å². The number of aryl methyl sites for hydroxylation is 2. The van der Waals surface area contributed by atoms with Gasteiger partial charge in [0.25, 0.3) is 0 Å². The lowest BCUT2D eigenvalue weighted by Gasteiger charge is -2.31. The highest BCUT2D eigenvalue weighted by Gasteiger charge is 2.24. The third-order valence-corrected chi connectivity index (χ3v) is 3.51.